The van der Waals surface area contributed by atoms with E-state index in [-0.39, 0.29) is 0 Å². The fourth-order valence-electron chi connectivity index (χ4n) is 3.41. The molecule has 5 heteroatoms. The number of carbonyl (C=O) groups is 2. The van der Waals surface area contributed by atoms with Crippen molar-refractivity contribution in [2.24, 2.45) is 5.73 Å². The Hall–Kier alpha value is -3.44. The second kappa shape index (κ2) is 7.29. The van der Waals surface area contributed by atoms with E-state index in [0.717, 1.165) is 16.7 Å². The summed E-state index contributed by atoms with van der Waals surface area (Å²) in [5, 5.41) is 0. The number of primary amides is 1. The molecule has 3 aromatic rings. The number of hydrogen-bond donors (Lipinski definition) is 1. The van der Waals surface area contributed by atoms with Crippen molar-refractivity contribution in [2.75, 3.05) is 0 Å². The molecule has 1 fully saturated rings. The summed E-state index contributed by atoms with van der Waals surface area (Å²) in [6, 6.07) is 28.5. The first-order chi connectivity index (χ1) is 13.6. The zero-order valence-electron chi connectivity index (χ0n) is 15.0. The molecule has 1 amide bonds. The minimum absolute atomic E-state index is 0.625. The molecular weight excluding hydrogens is 354 g/mol. The van der Waals surface area contributed by atoms with E-state index in [2.05, 4.69) is 0 Å². The smallest absolute Gasteiger partial charge is 0.340 e. The Labute approximate surface area is 162 Å². The van der Waals surface area contributed by atoms with Gasteiger partial charge in [-0.15, -0.1) is 0 Å². The predicted molar refractivity (Wildman–Crippen MR) is 103 cm³/mol. The van der Waals surface area contributed by atoms with Gasteiger partial charge in [0.25, 0.3) is 0 Å². The highest BCUT2D eigenvalue weighted by Gasteiger charge is 2.53. The third-order valence-electron chi connectivity index (χ3n) is 4.80. The molecule has 0 bridgehead atoms. The average Bonchev–Trinajstić information content (AvgIpc) is 3.55. The van der Waals surface area contributed by atoms with Gasteiger partial charge in [-0.05, 0) is 0 Å². The van der Waals surface area contributed by atoms with Gasteiger partial charge in [0.2, 0.25) is 5.91 Å². The zero-order valence-corrected chi connectivity index (χ0v) is 15.0. The fraction of sp³-hybridized carbons (Fsp3) is 0.130. The minimum Gasteiger partial charge on any atom is -0.442 e. The number of ether oxygens (including phenoxy) is 2. The van der Waals surface area contributed by atoms with Gasteiger partial charge in [-0.1, -0.05) is 91.0 Å². The predicted octanol–water partition coefficient (Wildman–Crippen LogP) is 2.77. The molecule has 1 aliphatic rings. The van der Waals surface area contributed by atoms with E-state index in [1.807, 2.05) is 91.0 Å². The lowest BCUT2D eigenvalue weighted by atomic mass is 9.80. The van der Waals surface area contributed by atoms with Crippen LogP contribution in [0.1, 0.15) is 16.7 Å². The molecule has 4 rings (SSSR count). The van der Waals surface area contributed by atoms with Crippen LogP contribution in [0.2, 0.25) is 0 Å². The number of hydrogen-bond acceptors (Lipinski definition) is 4. The lowest BCUT2D eigenvalue weighted by molar-refractivity contribution is -0.155. The van der Waals surface area contributed by atoms with Crippen molar-refractivity contribution in [1.82, 2.24) is 0 Å². The monoisotopic (exact) mass is 373 g/mol. The SMILES string of the molecule is NC(=O)C1OC1C(=O)OC(c1ccccc1)(c1ccccc1)c1ccccc1. The quantitative estimate of drug-likeness (QED) is 0.409. The van der Waals surface area contributed by atoms with Crippen LogP contribution < -0.4 is 5.73 Å². The molecule has 0 spiro atoms. The van der Waals surface area contributed by atoms with Crippen molar-refractivity contribution < 1.29 is 19.1 Å². The Kier molecular flexibility index (Phi) is 4.67. The average molecular weight is 373 g/mol. The van der Waals surface area contributed by atoms with Gasteiger partial charge < -0.3 is 15.2 Å². The first kappa shape index (κ1) is 17.9. The van der Waals surface area contributed by atoms with E-state index in [0.29, 0.717) is 0 Å². The van der Waals surface area contributed by atoms with Crippen molar-refractivity contribution in [3.8, 4) is 0 Å². The molecule has 0 aromatic heterocycles. The van der Waals surface area contributed by atoms with Crippen LogP contribution in [0.3, 0.4) is 0 Å². The first-order valence-electron chi connectivity index (χ1n) is 8.97. The molecule has 2 N–H and O–H groups in total. The number of esters is 1. The van der Waals surface area contributed by atoms with Crippen LogP contribution in [0.5, 0.6) is 0 Å². The maximum Gasteiger partial charge on any atom is 0.340 e. The Bertz CT molecular complexity index is 877. The summed E-state index contributed by atoms with van der Waals surface area (Å²) >= 11 is 0. The number of amides is 1. The Morgan fingerprint density at radius 2 is 1.11 bits per heavy atom. The molecule has 1 aliphatic heterocycles. The van der Waals surface area contributed by atoms with Crippen LogP contribution in [-0.4, -0.2) is 24.1 Å². The Balaban J connectivity index is 1.86. The van der Waals surface area contributed by atoms with Gasteiger partial charge in [0.05, 0.1) is 0 Å². The molecule has 2 unspecified atom stereocenters. The van der Waals surface area contributed by atoms with E-state index in [9.17, 15) is 9.59 Å². The van der Waals surface area contributed by atoms with Crippen molar-refractivity contribution in [2.45, 2.75) is 17.8 Å². The molecule has 0 aliphatic carbocycles. The van der Waals surface area contributed by atoms with Crippen molar-refractivity contribution in [3.05, 3.63) is 108 Å². The van der Waals surface area contributed by atoms with Crippen LogP contribution in [0, 0.1) is 0 Å². The third-order valence-corrected chi connectivity index (χ3v) is 4.80. The van der Waals surface area contributed by atoms with Gasteiger partial charge in [-0.3, -0.25) is 4.79 Å². The normalized spacial score (nSPS) is 18.3. The van der Waals surface area contributed by atoms with Crippen LogP contribution in [0.15, 0.2) is 91.0 Å². The molecule has 0 saturated carbocycles. The van der Waals surface area contributed by atoms with Gasteiger partial charge in [0, 0.05) is 16.7 Å². The topological polar surface area (TPSA) is 81.9 Å². The summed E-state index contributed by atoms with van der Waals surface area (Å²) in [5.74, 6) is -1.30. The molecule has 1 saturated heterocycles. The maximum absolute atomic E-state index is 12.9. The van der Waals surface area contributed by atoms with E-state index < -0.39 is 29.7 Å². The molecule has 140 valence electrons. The second-order valence-corrected chi connectivity index (χ2v) is 6.58. The molecule has 0 radical (unpaired) electrons. The fourth-order valence-corrected chi connectivity index (χ4v) is 3.41. The number of benzene rings is 3. The van der Waals surface area contributed by atoms with E-state index in [1.165, 1.54) is 0 Å². The summed E-state index contributed by atoms with van der Waals surface area (Å²) in [6.45, 7) is 0. The zero-order chi connectivity index (χ0) is 19.6. The molecule has 2 atom stereocenters. The van der Waals surface area contributed by atoms with Crippen molar-refractivity contribution >= 4 is 11.9 Å². The maximum atomic E-state index is 12.9. The molecule has 1 heterocycles. The van der Waals surface area contributed by atoms with Gasteiger partial charge in [-0.25, -0.2) is 4.79 Å². The Morgan fingerprint density at radius 3 is 1.43 bits per heavy atom. The standard InChI is InChI=1S/C23H19NO4/c24-21(25)19-20(27-19)22(26)28-23(16-10-4-1-5-11-16,17-12-6-2-7-13-17)18-14-8-3-9-15-18/h1-15,19-20H,(H2,24,25). The highest BCUT2D eigenvalue weighted by atomic mass is 16.6. The third kappa shape index (κ3) is 3.17. The summed E-state index contributed by atoms with van der Waals surface area (Å²) in [5.41, 5.74) is 6.43. The molecular formula is C23H19NO4. The van der Waals surface area contributed by atoms with Crippen LogP contribution in [0.4, 0.5) is 0 Å². The van der Waals surface area contributed by atoms with Crippen LogP contribution in [0.25, 0.3) is 0 Å². The molecule has 28 heavy (non-hydrogen) atoms. The molecule has 3 aromatic carbocycles. The van der Waals surface area contributed by atoms with E-state index in [4.69, 9.17) is 15.2 Å². The van der Waals surface area contributed by atoms with Gasteiger partial charge >= 0.3 is 5.97 Å². The largest absolute Gasteiger partial charge is 0.442 e. The van der Waals surface area contributed by atoms with Crippen molar-refractivity contribution in [1.29, 1.82) is 0 Å². The summed E-state index contributed by atoms with van der Waals surface area (Å²) in [4.78, 5) is 24.2. The highest BCUT2D eigenvalue weighted by molar-refractivity contribution is 5.92. The number of carbonyl (C=O) groups excluding carboxylic acids is 2. The number of rotatable bonds is 6. The summed E-state index contributed by atoms with van der Waals surface area (Å²) < 4.78 is 11.3. The lowest BCUT2D eigenvalue weighted by Crippen LogP contribution is -2.37. The highest BCUT2D eigenvalue weighted by Crippen LogP contribution is 2.41. The molecule has 5 nitrogen and oxygen atoms in total. The van der Waals surface area contributed by atoms with Crippen molar-refractivity contribution in [3.63, 3.8) is 0 Å². The van der Waals surface area contributed by atoms with Crippen LogP contribution in [-0.2, 0) is 24.7 Å². The first-order valence-corrected chi connectivity index (χ1v) is 8.97. The van der Waals surface area contributed by atoms with Gasteiger partial charge in [0.15, 0.2) is 17.8 Å². The Morgan fingerprint density at radius 1 is 0.714 bits per heavy atom. The van der Waals surface area contributed by atoms with Gasteiger partial charge in [0.1, 0.15) is 0 Å². The second-order valence-electron chi connectivity index (χ2n) is 6.58. The lowest BCUT2D eigenvalue weighted by Gasteiger charge is -2.35. The number of epoxide rings is 1. The minimum atomic E-state index is -1.19. The summed E-state index contributed by atoms with van der Waals surface area (Å²) in [6.07, 6.45) is -1.92. The van der Waals surface area contributed by atoms with E-state index in [1.54, 1.807) is 0 Å². The number of nitrogens with two attached hydrogens (primary N) is 1. The van der Waals surface area contributed by atoms with E-state index >= 15 is 0 Å². The van der Waals surface area contributed by atoms with Crippen LogP contribution >= 0.6 is 0 Å². The van der Waals surface area contributed by atoms with Gasteiger partial charge in [-0.2, -0.15) is 0 Å². The summed E-state index contributed by atoms with van der Waals surface area (Å²) in [7, 11) is 0.